The Hall–Kier alpha value is -0.490. The van der Waals surface area contributed by atoms with E-state index in [0.29, 0.717) is 10.9 Å². The minimum atomic E-state index is -3.71. The number of halogens is 2. The second-order valence-corrected chi connectivity index (χ2v) is 7.54. The van der Waals surface area contributed by atoms with Gasteiger partial charge in [-0.15, -0.1) is 0 Å². The number of nitrogens with two attached hydrogens (primary N) is 1. The SMILES string of the molecule is CC1CCC(NS(=O)(=O)c2c(N)cc(Cl)cc2Cl)C1. The number of benzene rings is 1. The lowest BCUT2D eigenvalue weighted by Crippen LogP contribution is -2.33. The Balaban J connectivity index is 2.30. The molecule has 2 atom stereocenters. The smallest absolute Gasteiger partial charge is 0.244 e. The van der Waals surface area contributed by atoms with Crippen molar-refractivity contribution in [2.45, 2.75) is 37.1 Å². The molecule has 7 heteroatoms. The molecular formula is C12H16Cl2N2O2S. The summed E-state index contributed by atoms with van der Waals surface area (Å²) in [5.41, 5.74) is 5.79. The van der Waals surface area contributed by atoms with Gasteiger partial charge in [-0.2, -0.15) is 0 Å². The fraction of sp³-hybridized carbons (Fsp3) is 0.500. The Morgan fingerprint density at radius 3 is 2.53 bits per heavy atom. The fourth-order valence-corrected chi connectivity index (χ4v) is 4.73. The summed E-state index contributed by atoms with van der Waals surface area (Å²) >= 11 is 11.7. The van der Waals surface area contributed by atoms with Crippen molar-refractivity contribution in [1.82, 2.24) is 4.72 Å². The normalized spacial score (nSPS) is 23.7. The van der Waals surface area contributed by atoms with E-state index in [1.807, 2.05) is 0 Å². The molecule has 1 fully saturated rings. The van der Waals surface area contributed by atoms with Crippen LogP contribution in [0.25, 0.3) is 0 Å². The minimum Gasteiger partial charge on any atom is -0.398 e. The van der Waals surface area contributed by atoms with Gasteiger partial charge in [0, 0.05) is 11.1 Å². The van der Waals surface area contributed by atoms with Crippen LogP contribution in [-0.2, 0) is 10.0 Å². The molecule has 0 amide bonds. The predicted octanol–water partition coefficient (Wildman–Crippen LogP) is 3.04. The molecular weight excluding hydrogens is 307 g/mol. The van der Waals surface area contributed by atoms with E-state index in [0.717, 1.165) is 19.3 Å². The molecule has 1 aromatic rings. The molecule has 0 radical (unpaired) electrons. The van der Waals surface area contributed by atoms with Crippen molar-refractivity contribution < 1.29 is 8.42 Å². The van der Waals surface area contributed by atoms with E-state index in [9.17, 15) is 8.42 Å². The zero-order chi connectivity index (χ0) is 14.2. The summed E-state index contributed by atoms with van der Waals surface area (Å²) in [6.45, 7) is 2.11. The van der Waals surface area contributed by atoms with E-state index in [1.165, 1.54) is 12.1 Å². The first-order valence-corrected chi connectivity index (χ1v) is 8.30. The molecule has 19 heavy (non-hydrogen) atoms. The van der Waals surface area contributed by atoms with Crippen LogP contribution in [-0.4, -0.2) is 14.5 Å². The lowest BCUT2D eigenvalue weighted by atomic mass is 10.1. The molecule has 0 saturated heterocycles. The summed E-state index contributed by atoms with van der Waals surface area (Å²) in [6.07, 6.45) is 2.70. The Morgan fingerprint density at radius 1 is 1.32 bits per heavy atom. The topological polar surface area (TPSA) is 72.2 Å². The van der Waals surface area contributed by atoms with E-state index in [4.69, 9.17) is 28.9 Å². The summed E-state index contributed by atoms with van der Waals surface area (Å²) in [5, 5.41) is 0.361. The molecule has 1 aliphatic rings. The molecule has 1 aromatic carbocycles. The first-order valence-electron chi connectivity index (χ1n) is 6.06. The monoisotopic (exact) mass is 322 g/mol. The van der Waals surface area contributed by atoms with Gasteiger partial charge in [-0.3, -0.25) is 0 Å². The molecule has 1 aliphatic carbocycles. The van der Waals surface area contributed by atoms with Crippen LogP contribution in [0.4, 0.5) is 5.69 Å². The van der Waals surface area contributed by atoms with E-state index >= 15 is 0 Å². The standard InChI is InChI=1S/C12H16Cl2N2O2S/c1-7-2-3-9(4-7)16-19(17,18)12-10(14)5-8(13)6-11(12)15/h5-7,9,16H,2-4,15H2,1H3. The first-order chi connectivity index (χ1) is 8.79. The number of nitrogens with one attached hydrogen (secondary N) is 1. The highest BCUT2D eigenvalue weighted by atomic mass is 35.5. The van der Waals surface area contributed by atoms with Crippen LogP contribution in [0.3, 0.4) is 0 Å². The Labute approximate surface area is 123 Å². The average molecular weight is 323 g/mol. The third-order valence-electron chi connectivity index (χ3n) is 3.32. The molecule has 0 aromatic heterocycles. The Kier molecular flexibility index (Phi) is 4.30. The second kappa shape index (κ2) is 5.48. The Bertz CT molecular complexity index is 566. The number of hydrogen-bond acceptors (Lipinski definition) is 3. The van der Waals surface area contributed by atoms with Gasteiger partial charge >= 0.3 is 0 Å². The summed E-state index contributed by atoms with van der Waals surface area (Å²) in [5.74, 6) is 0.533. The third-order valence-corrected chi connectivity index (χ3v) is 5.59. The number of nitrogen functional groups attached to an aromatic ring is 1. The van der Waals surface area contributed by atoms with Gasteiger partial charge < -0.3 is 5.73 Å². The van der Waals surface area contributed by atoms with Crippen LogP contribution in [0.5, 0.6) is 0 Å². The van der Waals surface area contributed by atoms with Gasteiger partial charge in [-0.05, 0) is 37.3 Å². The van der Waals surface area contributed by atoms with E-state index < -0.39 is 10.0 Å². The molecule has 106 valence electrons. The third kappa shape index (κ3) is 3.34. The maximum absolute atomic E-state index is 12.3. The molecule has 2 rings (SSSR count). The van der Waals surface area contributed by atoms with Crippen molar-refractivity contribution in [3.63, 3.8) is 0 Å². The lowest BCUT2D eigenvalue weighted by molar-refractivity contribution is 0.539. The van der Waals surface area contributed by atoms with Crippen LogP contribution >= 0.6 is 23.2 Å². The largest absolute Gasteiger partial charge is 0.398 e. The maximum Gasteiger partial charge on any atom is 0.244 e. The maximum atomic E-state index is 12.3. The molecule has 1 saturated carbocycles. The molecule has 3 N–H and O–H groups in total. The number of anilines is 1. The molecule has 4 nitrogen and oxygen atoms in total. The second-order valence-electron chi connectivity index (χ2n) is 5.04. The molecule has 0 heterocycles. The molecule has 0 aliphatic heterocycles. The first kappa shape index (κ1) is 14.9. The highest BCUT2D eigenvalue weighted by molar-refractivity contribution is 7.89. The van der Waals surface area contributed by atoms with Gasteiger partial charge in [0.05, 0.1) is 10.7 Å². The Morgan fingerprint density at radius 2 is 2.00 bits per heavy atom. The average Bonchev–Trinajstić information content (AvgIpc) is 2.60. The van der Waals surface area contributed by atoms with E-state index in [1.54, 1.807) is 0 Å². The summed E-state index contributed by atoms with van der Waals surface area (Å²) in [7, 11) is -3.71. The van der Waals surface area contributed by atoms with Crippen molar-refractivity contribution in [1.29, 1.82) is 0 Å². The number of sulfonamides is 1. The summed E-state index contributed by atoms with van der Waals surface area (Å²) in [6, 6.07) is 2.72. The van der Waals surface area contributed by atoms with Crippen LogP contribution in [0.1, 0.15) is 26.2 Å². The predicted molar refractivity (Wildman–Crippen MR) is 78.0 cm³/mol. The van der Waals surface area contributed by atoms with E-state index in [2.05, 4.69) is 11.6 Å². The van der Waals surface area contributed by atoms with Crippen molar-refractivity contribution in [3.8, 4) is 0 Å². The van der Waals surface area contributed by atoms with Crippen molar-refractivity contribution >= 4 is 38.9 Å². The van der Waals surface area contributed by atoms with Crippen LogP contribution in [0.15, 0.2) is 17.0 Å². The fourth-order valence-electron chi connectivity index (χ4n) is 2.46. The minimum absolute atomic E-state index is 0.0449. The number of rotatable bonds is 3. The lowest BCUT2D eigenvalue weighted by Gasteiger charge is -2.15. The summed E-state index contributed by atoms with van der Waals surface area (Å²) in [4.78, 5) is -0.0851. The number of hydrogen-bond donors (Lipinski definition) is 2. The zero-order valence-corrected chi connectivity index (χ0v) is 12.8. The van der Waals surface area contributed by atoms with E-state index in [-0.39, 0.29) is 21.6 Å². The highest BCUT2D eigenvalue weighted by Gasteiger charge is 2.29. The van der Waals surface area contributed by atoms with Gasteiger partial charge in [-0.25, -0.2) is 13.1 Å². The molecule has 0 spiro atoms. The van der Waals surface area contributed by atoms with Crippen molar-refractivity contribution in [2.75, 3.05) is 5.73 Å². The molecule has 0 bridgehead atoms. The van der Waals surface area contributed by atoms with Crippen LogP contribution in [0, 0.1) is 5.92 Å². The van der Waals surface area contributed by atoms with Gasteiger partial charge in [0.1, 0.15) is 4.90 Å². The van der Waals surface area contributed by atoms with Gasteiger partial charge in [0.2, 0.25) is 10.0 Å². The van der Waals surface area contributed by atoms with Gasteiger partial charge in [-0.1, -0.05) is 30.1 Å². The summed E-state index contributed by atoms with van der Waals surface area (Å²) < 4.78 is 27.3. The van der Waals surface area contributed by atoms with Gasteiger partial charge in [0.25, 0.3) is 0 Å². The highest BCUT2D eigenvalue weighted by Crippen LogP contribution is 2.32. The molecule has 2 unspecified atom stereocenters. The van der Waals surface area contributed by atoms with Crippen LogP contribution < -0.4 is 10.5 Å². The van der Waals surface area contributed by atoms with Crippen LogP contribution in [0.2, 0.25) is 10.0 Å². The van der Waals surface area contributed by atoms with Crippen molar-refractivity contribution in [2.24, 2.45) is 5.92 Å². The van der Waals surface area contributed by atoms with Crippen molar-refractivity contribution in [3.05, 3.63) is 22.2 Å². The van der Waals surface area contributed by atoms with Gasteiger partial charge in [0.15, 0.2) is 0 Å². The zero-order valence-electron chi connectivity index (χ0n) is 10.5. The quantitative estimate of drug-likeness (QED) is 0.840.